The highest BCUT2D eigenvalue weighted by Gasteiger charge is 2.29. The van der Waals surface area contributed by atoms with Crippen LogP contribution in [-0.4, -0.2) is 34.9 Å². The van der Waals surface area contributed by atoms with E-state index >= 15 is 0 Å². The zero-order valence-corrected chi connectivity index (χ0v) is 19.7. The number of aryl methyl sites for hydroxylation is 2. The summed E-state index contributed by atoms with van der Waals surface area (Å²) >= 11 is 0. The zero-order chi connectivity index (χ0) is 22.5. The van der Waals surface area contributed by atoms with Gasteiger partial charge in [-0.15, -0.1) is 5.10 Å². The van der Waals surface area contributed by atoms with Crippen LogP contribution in [0.1, 0.15) is 55.8 Å². The first-order valence-corrected chi connectivity index (χ1v) is 12.5. The predicted molar refractivity (Wildman–Crippen MR) is 124 cm³/mol. The molecule has 166 valence electrons. The Morgan fingerprint density at radius 1 is 1.13 bits per heavy atom. The maximum atomic E-state index is 13.4. The first kappa shape index (κ1) is 21.6. The van der Waals surface area contributed by atoms with E-state index in [1.165, 1.54) is 4.31 Å². The summed E-state index contributed by atoms with van der Waals surface area (Å²) in [7, 11) is -1.48. The zero-order valence-electron chi connectivity index (χ0n) is 18.8. The maximum absolute atomic E-state index is 13.4. The Hall–Kier alpha value is -2.61. The van der Waals surface area contributed by atoms with Gasteiger partial charge in [0.05, 0.1) is 11.4 Å². The molecule has 1 saturated heterocycles. The number of aromatic nitrogens is 3. The molecule has 4 rings (SSSR count). The van der Waals surface area contributed by atoms with Crippen molar-refractivity contribution in [1.82, 2.24) is 14.2 Å². The molecule has 0 N–H and O–H groups in total. The van der Waals surface area contributed by atoms with Crippen molar-refractivity contribution in [2.45, 2.75) is 52.9 Å². The molecule has 0 spiro atoms. The standard InChI is InChI=1S/C23H30N4O3S/c1-6-17(7-2)20-14-16(4)27-21(20)23(28)25(5)22(24-27)19-10-9-18(13-15(19)3)26-11-8-12-31(26,29)30/h9-10,13-14,17H,6-8,11-12H2,1-5H3. The Morgan fingerprint density at radius 2 is 1.84 bits per heavy atom. The van der Waals surface area contributed by atoms with Crippen LogP contribution < -0.4 is 9.86 Å². The van der Waals surface area contributed by atoms with Gasteiger partial charge in [0.15, 0.2) is 5.82 Å². The fourth-order valence-electron chi connectivity index (χ4n) is 4.67. The minimum atomic E-state index is -3.24. The number of hydrogen-bond acceptors (Lipinski definition) is 4. The first-order valence-electron chi connectivity index (χ1n) is 10.9. The number of anilines is 1. The van der Waals surface area contributed by atoms with Gasteiger partial charge >= 0.3 is 0 Å². The van der Waals surface area contributed by atoms with Crippen LogP contribution in [0.25, 0.3) is 16.9 Å². The number of nitrogens with zero attached hydrogens (tertiary/aromatic N) is 4. The molecular weight excluding hydrogens is 412 g/mol. The van der Waals surface area contributed by atoms with Crippen LogP contribution in [0.3, 0.4) is 0 Å². The van der Waals surface area contributed by atoms with E-state index < -0.39 is 10.0 Å². The van der Waals surface area contributed by atoms with Gasteiger partial charge in [-0.05, 0) is 74.4 Å². The lowest BCUT2D eigenvalue weighted by molar-refractivity contribution is 0.599. The lowest BCUT2D eigenvalue weighted by Gasteiger charge is -2.19. The van der Waals surface area contributed by atoms with Crippen LogP contribution in [0.5, 0.6) is 0 Å². The summed E-state index contributed by atoms with van der Waals surface area (Å²) in [6.07, 6.45) is 2.59. The number of fused-ring (bicyclic) bond motifs is 1. The molecule has 0 bridgehead atoms. The average molecular weight is 443 g/mol. The van der Waals surface area contributed by atoms with Crippen molar-refractivity contribution < 1.29 is 8.42 Å². The molecule has 0 radical (unpaired) electrons. The summed E-state index contributed by atoms with van der Waals surface area (Å²) in [5.41, 5.74) is 4.95. The van der Waals surface area contributed by atoms with E-state index in [1.807, 2.05) is 26.0 Å². The van der Waals surface area contributed by atoms with Gasteiger partial charge in [-0.25, -0.2) is 12.9 Å². The fraction of sp³-hybridized carbons (Fsp3) is 0.478. The normalized spacial score (nSPS) is 16.0. The van der Waals surface area contributed by atoms with E-state index in [1.54, 1.807) is 22.2 Å². The Labute approximate surface area is 183 Å². The molecule has 7 nitrogen and oxygen atoms in total. The molecule has 31 heavy (non-hydrogen) atoms. The van der Waals surface area contributed by atoms with Crippen molar-refractivity contribution in [3.8, 4) is 11.4 Å². The van der Waals surface area contributed by atoms with Crippen LogP contribution in [-0.2, 0) is 17.1 Å². The van der Waals surface area contributed by atoms with E-state index in [2.05, 4.69) is 19.9 Å². The number of benzene rings is 1. The SMILES string of the molecule is CCC(CC)c1cc(C)n2nc(-c3ccc(N4CCCS4(=O)=O)cc3C)n(C)c(=O)c12. The molecule has 8 heteroatoms. The molecule has 1 aliphatic heterocycles. The minimum Gasteiger partial charge on any atom is -0.293 e. The number of sulfonamides is 1. The smallest absolute Gasteiger partial charge is 0.278 e. The van der Waals surface area contributed by atoms with Crippen LogP contribution in [0.4, 0.5) is 5.69 Å². The minimum absolute atomic E-state index is 0.0643. The van der Waals surface area contributed by atoms with Crippen molar-refractivity contribution in [3.05, 3.63) is 51.4 Å². The topological polar surface area (TPSA) is 76.7 Å². The van der Waals surface area contributed by atoms with E-state index in [0.29, 0.717) is 35.9 Å². The van der Waals surface area contributed by atoms with Gasteiger partial charge in [-0.2, -0.15) is 0 Å². The molecule has 0 aliphatic carbocycles. The van der Waals surface area contributed by atoms with Gasteiger partial charge in [-0.1, -0.05) is 13.8 Å². The van der Waals surface area contributed by atoms with Crippen LogP contribution >= 0.6 is 0 Å². The summed E-state index contributed by atoms with van der Waals surface area (Å²) in [5, 5.41) is 4.84. The molecule has 1 aliphatic rings. The van der Waals surface area contributed by atoms with Gasteiger partial charge in [0.25, 0.3) is 5.56 Å². The highest BCUT2D eigenvalue weighted by atomic mass is 32.2. The largest absolute Gasteiger partial charge is 0.293 e. The van der Waals surface area contributed by atoms with Crippen molar-refractivity contribution in [1.29, 1.82) is 0 Å². The average Bonchev–Trinajstić information content (AvgIpc) is 3.25. The molecule has 0 saturated carbocycles. The van der Waals surface area contributed by atoms with Gasteiger partial charge in [-0.3, -0.25) is 13.7 Å². The Morgan fingerprint density at radius 3 is 2.42 bits per heavy atom. The highest BCUT2D eigenvalue weighted by molar-refractivity contribution is 7.93. The van der Waals surface area contributed by atoms with Crippen LogP contribution in [0.15, 0.2) is 29.1 Å². The van der Waals surface area contributed by atoms with Crippen molar-refractivity contribution >= 4 is 21.2 Å². The lowest BCUT2D eigenvalue weighted by Crippen LogP contribution is -2.26. The highest BCUT2D eigenvalue weighted by Crippen LogP contribution is 2.31. The summed E-state index contributed by atoms with van der Waals surface area (Å²) in [5.74, 6) is 1.08. The van der Waals surface area contributed by atoms with E-state index in [-0.39, 0.29) is 11.3 Å². The van der Waals surface area contributed by atoms with Crippen LogP contribution in [0, 0.1) is 13.8 Å². The molecular formula is C23H30N4O3S. The Kier molecular flexibility index (Phi) is 5.45. The van der Waals surface area contributed by atoms with Crippen molar-refractivity contribution in [3.63, 3.8) is 0 Å². The summed E-state index contributed by atoms with van der Waals surface area (Å²) in [4.78, 5) is 13.4. The van der Waals surface area contributed by atoms with Gasteiger partial charge in [0.1, 0.15) is 5.52 Å². The second-order valence-electron chi connectivity index (χ2n) is 8.44. The van der Waals surface area contributed by atoms with Gasteiger partial charge in [0.2, 0.25) is 10.0 Å². The lowest BCUT2D eigenvalue weighted by atomic mass is 9.95. The summed E-state index contributed by atoms with van der Waals surface area (Å²) < 4.78 is 29.4. The molecule has 0 amide bonds. The number of hydrogen-bond donors (Lipinski definition) is 0. The van der Waals surface area contributed by atoms with E-state index in [0.717, 1.165) is 35.2 Å². The summed E-state index contributed by atoms with van der Waals surface area (Å²) in [6.45, 7) is 8.69. The molecule has 1 fully saturated rings. The quantitative estimate of drug-likeness (QED) is 0.603. The molecule has 3 aromatic rings. The molecule has 2 aromatic heterocycles. The van der Waals surface area contributed by atoms with Gasteiger partial charge in [0, 0.05) is 24.8 Å². The monoisotopic (exact) mass is 442 g/mol. The Bertz CT molecular complexity index is 1320. The van der Waals surface area contributed by atoms with Crippen LogP contribution in [0.2, 0.25) is 0 Å². The first-order chi connectivity index (χ1) is 14.7. The fourth-order valence-corrected chi connectivity index (χ4v) is 6.23. The summed E-state index contributed by atoms with van der Waals surface area (Å²) in [6, 6.07) is 7.62. The molecule has 0 unspecified atom stereocenters. The molecule has 1 aromatic carbocycles. The second kappa shape index (κ2) is 7.82. The molecule has 3 heterocycles. The predicted octanol–water partition coefficient (Wildman–Crippen LogP) is 3.76. The third-order valence-electron chi connectivity index (χ3n) is 6.47. The number of rotatable bonds is 5. The van der Waals surface area contributed by atoms with Crippen molar-refractivity contribution in [2.24, 2.45) is 7.05 Å². The third kappa shape index (κ3) is 3.46. The van der Waals surface area contributed by atoms with E-state index in [4.69, 9.17) is 5.10 Å². The second-order valence-corrected chi connectivity index (χ2v) is 10.5. The molecule has 0 atom stereocenters. The van der Waals surface area contributed by atoms with Gasteiger partial charge < -0.3 is 0 Å². The third-order valence-corrected chi connectivity index (χ3v) is 8.34. The van der Waals surface area contributed by atoms with Crippen molar-refractivity contribution in [2.75, 3.05) is 16.6 Å². The maximum Gasteiger partial charge on any atom is 0.278 e. The Balaban J connectivity index is 1.87. The van der Waals surface area contributed by atoms with E-state index in [9.17, 15) is 13.2 Å².